The van der Waals surface area contributed by atoms with Gasteiger partial charge in [-0.1, -0.05) is 12.5 Å². The molecular weight excluding hydrogens is 244 g/mol. The fourth-order valence-corrected chi connectivity index (χ4v) is 2.39. The Morgan fingerprint density at radius 1 is 1.47 bits per heavy atom. The fourth-order valence-electron chi connectivity index (χ4n) is 2.39. The third-order valence-electron chi connectivity index (χ3n) is 3.80. The summed E-state index contributed by atoms with van der Waals surface area (Å²) in [5.41, 5.74) is -0.219. The highest BCUT2D eigenvalue weighted by Crippen LogP contribution is 2.43. The number of carbonyl (C=O) groups is 2. The number of amides is 2. The van der Waals surface area contributed by atoms with Crippen molar-refractivity contribution in [1.82, 2.24) is 10.2 Å². The van der Waals surface area contributed by atoms with E-state index in [4.69, 9.17) is 5.11 Å². The van der Waals surface area contributed by atoms with Crippen molar-refractivity contribution < 1.29 is 14.7 Å². The van der Waals surface area contributed by atoms with Crippen LogP contribution in [0.15, 0.2) is 12.7 Å². The molecule has 0 radical (unpaired) electrons. The van der Waals surface area contributed by atoms with Crippen molar-refractivity contribution in [3.05, 3.63) is 12.7 Å². The third kappa shape index (κ3) is 4.93. The van der Waals surface area contributed by atoms with Crippen molar-refractivity contribution in [2.24, 2.45) is 5.41 Å². The maximum atomic E-state index is 11.9. The van der Waals surface area contributed by atoms with Crippen molar-refractivity contribution in [3.8, 4) is 0 Å². The molecule has 0 aromatic heterocycles. The van der Waals surface area contributed by atoms with E-state index < -0.39 is 5.97 Å². The molecule has 0 unspecified atom stereocenters. The lowest BCUT2D eigenvalue weighted by atomic mass is 9.66. The topological polar surface area (TPSA) is 69.6 Å². The number of rotatable bonds is 8. The summed E-state index contributed by atoms with van der Waals surface area (Å²) >= 11 is 0. The fraction of sp³-hybridized carbons (Fsp3) is 0.714. The summed E-state index contributed by atoms with van der Waals surface area (Å²) in [4.78, 5) is 24.3. The number of carboxylic acids is 1. The number of hydrogen-bond acceptors (Lipinski definition) is 2. The van der Waals surface area contributed by atoms with E-state index in [2.05, 4.69) is 11.9 Å². The van der Waals surface area contributed by atoms with Crippen LogP contribution < -0.4 is 5.32 Å². The lowest BCUT2D eigenvalue weighted by Crippen LogP contribution is -2.47. The van der Waals surface area contributed by atoms with E-state index in [9.17, 15) is 9.59 Å². The molecule has 0 aliphatic heterocycles. The Hall–Kier alpha value is -1.52. The zero-order valence-corrected chi connectivity index (χ0v) is 11.7. The van der Waals surface area contributed by atoms with Gasteiger partial charge in [-0.05, 0) is 31.1 Å². The summed E-state index contributed by atoms with van der Waals surface area (Å²) in [5, 5.41) is 11.8. The molecule has 1 saturated carbocycles. The van der Waals surface area contributed by atoms with Crippen molar-refractivity contribution in [2.45, 2.75) is 38.5 Å². The molecule has 0 heterocycles. The van der Waals surface area contributed by atoms with Crippen LogP contribution in [0.25, 0.3) is 0 Å². The molecule has 108 valence electrons. The van der Waals surface area contributed by atoms with Gasteiger partial charge in [-0.15, -0.1) is 6.58 Å². The first-order valence-electron chi connectivity index (χ1n) is 6.81. The molecule has 0 saturated heterocycles. The van der Waals surface area contributed by atoms with Gasteiger partial charge in [0.2, 0.25) is 0 Å². The van der Waals surface area contributed by atoms with E-state index in [1.807, 2.05) is 6.08 Å². The average Bonchev–Trinajstić information content (AvgIpc) is 2.31. The van der Waals surface area contributed by atoms with Crippen LogP contribution in [0.1, 0.15) is 38.5 Å². The molecule has 19 heavy (non-hydrogen) atoms. The molecule has 0 spiro atoms. The quantitative estimate of drug-likeness (QED) is 0.524. The predicted octanol–water partition coefficient (Wildman–Crippen LogP) is 2.24. The Balaban J connectivity index is 2.31. The average molecular weight is 268 g/mol. The zero-order valence-electron chi connectivity index (χ0n) is 11.7. The monoisotopic (exact) mass is 268 g/mol. The molecule has 1 rings (SSSR count). The summed E-state index contributed by atoms with van der Waals surface area (Å²) in [7, 11) is 1.75. The standard InChI is InChI=1S/C14H24N2O3/c1-3-4-5-9-16(2)13(19)15-11-14(7-6-8-14)10-12(17)18/h3H,1,4-11H2,2H3,(H,15,19)(H,17,18). The predicted molar refractivity (Wildman–Crippen MR) is 74.0 cm³/mol. The third-order valence-corrected chi connectivity index (χ3v) is 3.80. The SMILES string of the molecule is C=CCCCN(C)C(=O)NCC1(CC(=O)O)CCC1. The number of allylic oxidation sites excluding steroid dienone is 1. The first kappa shape index (κ1) is 15.5. The molecule has 1 aliphatic carbocycles. The van der Waals surface area contributed by atoms with Crippen LogP contribution >= 0.6 is 0 Å². The molecule has 1 fully saturated rings. The van der Waals surface area contributed by atoms with Gasteiger partial charge < -0.3 is 15.3 Å². The molecular formula is C14H24N2O3. The van der Waals surface area contributed by atoms with Gasteiger partial charge in [-0.3, -0.25) is 4.79 Å². The number of unbranched alkanes of at least 4 members (excludes halogenated alkanes) is 1. The largest absolute Gasteiger partial charge is 0.481 e. The van der Waals surface area contributed by atoms with Gasteiger partial charge in [-0.2, -0.15) is 0 Å². The highest BCUT2D eigenvalue weighted by Gasteiger charge is 2.39. The van der Waals surface area contributed by atoms with Gasteiger partial charge in [0.15, 0.2) is 0 Å². The van der Waals surface area contributed by atoms with Crippen LogP contribution in [0.2, 0.25) is 0 Å². The van der Waals surface area contributed by atoms with Crippen molar-refractivity contribution >= 4 is 12.0 Å². The minimum absolute atomic E-state index is 0.124. The van der Waals surface area contributed by atoms with Crippen LogP contribution in [-0.4, -0.2) is 42.1 Å². The number of nitrogens with zero attached hydrogens (tertiary/aromatic N) is 1. The normalized spacial score (nSPS) is 16.3. The van der Waals surface area contributed by atoms with Crippen LogP contribution in [-0.2, 0) is 4.79 Å². The van der Waals surface area contributed by atoms with E-state index in [1.54, 1.807) is 11.9 Å². The summed E-state index contributed by atoms with van der Waals surface area (Å²) in [6, 6.07) is -0.124. The molecule has 0 aromatic carbocycles. The maximum Gasteiger partial charge on any atom is 0.317 e. The lowest BCUT2D eigenvalue weighted by molar-refractivity contribution is -0.141. The van der Waals surface area contributed by atoms with Gasteiger partial charge in [0, 0.05) is 20.1 Å². The highest BCUT2D eigenvalue weighted by molar-refractivity contribution is 5.74. The van der Waals surface area contributed by atoms with Crippen LogP contribution in [0.4, 0.5) is 4.79 Å². The van der Waals surface area contributed by atoms with Gasteiger partial charge in [-0.25, -0.2) is 4.79 Å². The number of carbonyl (C=O) groups excluding carboxylic acids is 1. The van der Waals surface area contributed by atoms with Crippen molar-refractivity contribution in [2.75, 3.05) is 20.1 Å². The van der Waals surface area contributed by atoms with E-state index in [1.165, 1.54) is 0 Å². The number of carboxylic acid groups (broad SMARTS) is 1. The molecule has 1 aliphatic rings. The smallest absolute Gasteiger partial charge is 0.317 e. The Morgan fingerprint density at radius 2 is 2.16 bits per heavy atom. The molecule has 0 aromatic rings. The van der Waals surface area contributed by atoms with Crippen LogP contribution in [0.5, 0.6) is 0 Å². The number of aliphatic carboxylic acids is 1. The molecule has 0 bridgehead atoms. The lowest BCUT2D eigenvalue weighted by Gasteiger charge is -2.41. The molecule has 5 heteroatoms. The Kier molecular flexibility index (Phi) is 5.86. The van der Waals surface area contributed by atoms with Crippen LogP contribution in [0.3, 0.4) is 0 Å². The van der Waals surface area contributed by atoms with Gasteiger partial charge in [0.25, 0.3) is 0 Å². The minimum Gasteiger partial charge on any atom is -0.481 e. The first-order valence-corrected chi connectivity index (χ1v) is 6.81. The van der Waals surface area contributed by atoms with E-state index in [-0.39, 0.29) is 17.9 Å². The molecule has 5 nitrogen and oxygen atoms in total. The highest BCUT2D eigenvalue weighted by atomic mass is 16.4. The molecule has 2 amide bonds. The minimum atomic E-state index is -0.784. The maximum absolute atomic E-state index is 11.9. The van der Waals surface area contributed by atoms with Gasteiger partial charge >= 0.3 is 12.0 Å². The van der Waals surface area contributed by atoms with Crippen LogP contribution in [0, 0.1) is 5.41 Å². The van der Waals surface area contributed by atoms with Crippen molar-refractivity contribution in [3.63, 3.8) is 0 Å². The Morgan fingerprint density at radius 3 is 2.63 bits per heavy atom. The summed E-state index contributed by atoms with van der Waals surface area (Å²) in [6.45, 7) is 4.79. The first-order chi connectivity index (χ1) is 8.99. The molecule has 2 N–H and O–H groups in total. The number of urea groups is 1. The second kappa shape index (κ2) is 7.16. The van der Waals surface area contributed by atoms with Gasteiger partial charge in [0.05, 0.1) is 6.42 Å². The Bertz CT molecular complexity index is 338. The summed E-state index contributed by atoms with van der Waals surface area (Å²) < 4.78 is 0. The number of hydrogen-bond donors (Lipinski definition) is 2. The van der Waals surface area contributed by atoms with E-state index in [0.717, 1.165) is 32.1 Å². The van der Waals surface area contributed by atoms with Crippen molar-refractivity contribution in [1.29, 1.82) is 0 Å². The van der Waals surface area contributed by atoms with Gasteiger partial charge in [0.1, 0.15) is 0 Å². The zero-order chi connectivity index (χ0) is 14.3. The number of nitrogens with one attached hydrogen (secondary N) is 1. The second-order valence-electron chi connectivity index (χ2n) is 5.44. The summed E-state index contributed by atoms with van der Waals surface area (Å²) in [5.74, 6) is -0.784. The summed E-state index contributed by atoms with van der Waals surface area (Å²) in [6.07, 6.45) is 6.60. The molecule has 0 atom stereocenters. The Labute approximate surface area is 114 Å². The van der Waals surface area contributed by atoms with E-state index in [0.29, 0.717) is 13.1 Å². The second-order valence-corrected chi connectivity index (χ2v) is 5.44. The van der Waals surface area contributed by atoms with E-state index >= 15 is 0 Å².